The summed E-state index contributed by atoms with van der Waals surface area (Å²) in [5, 5.41) is 0. The third-order valence-corrected chi connectivity index (χ3v) is 5.33. The van der Waals surface area contributed by atoms with Crippen LogP contribution in [0.4, 0.5) is 0 Å². The summed E-state index contributed by atoms with van der Waals surface area (Å²) in [6.07, 6.45) is 22.4. The number of rotatable bonds is 19. The first-order valence-electron chi connectivity index (χ1n) is 11.8. The van der Waals surface area contributed by atoms with Gasteiger partial charge in [-0.1, -0.05) is 117 Å². The van der Waals surface area contributed by atoms with E-state index in [1.165, 1.54) is 83.5 Å². The highest BCUT2D eigenvalue weighted by molar-refractivity contribution is 5.84. The Balaban J connectivity index is 3.56. The van der Waals surface area contributed by atoms with E-state index in [2.05, 4.69) is 30.7 Å². The monoisotopic (exact) mass is 395 g/mol. The van der Waals surface area contributed by atoms with Gasteiger partial charge in [0, 0.05) is 12.0 Å². The Labute approximate surface area is 173 Å². The molecule has 1 N–H and O–H groups in total. The first-order valence-corrected chi connectivity index (χ1v) is 11.8. The molecule has 0 saturated carbocycles. The molecule has 0 aromatic carbocycles. The van der Waals surface area contributed by atoms with E-state index in [4.69, 9.17) is 0 Å². The van der Waals surface area contributed by atoms with Crippen LogP contribution in [0.3, 0.4) is 0 Å². The van der Waals surface area contributed by atoms with E-state index in [1.807, 2.05) is 0 Å². The summed E-state index contributed by atoms with van der Waals surface area (Å²) in [7, 11) is 0. The van der Waals surface area contributed by atoms with Crippen LogP contribution in [0.5, 0.6) is 0 Å². The largest absolute Gasteiger partial charge is 0.355 e. The van der Waals surface area contributed by atoms with Crippen LogP contribution in [0.2, 0.25) is 0 Å². The summed E-state index contributed by atoms with van der Waals surface area (Å²) in [6.45, 7) is 7.65. The second kappa shape index (κ2) is 20.4. The van der Waals surface area contributed by atoms with E-state index >= 15 is 0 Å². The predicted octanol–water partition coefficient (Wildman–Crippen LogP) is 7.03. The third kappa shape index (κ3) is 16.8. The molecule has 28 heavy (non-hydrogen) atoms. The molecule has 0 aliphatic carbocycles. The molecule has 0 aromatic rings. The highest BCUT2D eigenvalue weighted by Crippen LogP contribution is 2.18. The number of unbranched alkanes of at least 4 members (excludes halogenated alkanes) is 13. The van der Waals surface area contributed by atoms with Crippen molar-refractivity contribution in [2.75, 3.05) is 0 Å². The maximum absolute atomic E-state index is 12.1. The van der Waals surface area contributed by atoms with Crippen molar-refractivity contribution in [2.45, 2.75) is 123 Å². The second-order valence-electron chi connectivity index (χ2n) is 7.96. The minimum atomic E-state index is -0.625. The van der Waals surface area contributed by atoms with Crippen molar-refractivity contribution < 1.29 is 14.4 Å². The average molecular weight is 396 g/mol. The van der Waals surface area contributed by atoms with E-state index in [0.717, 1.165) is 31.8 Å². The lowest BCUT2D eigenvalue weighted by Crippen LogP contribution is -2.32. The van der Waals surface area contributed by atoms with Gasteiger partial charge >= 0.3 is 5.97 Å². The number of amides is 1. The summed E-state index contributed by atoms with van der Waals surface area (Å²) in [4.78, 5) is 27.8. The highest BCUT2D eigenvalue weighted by atomic mass is 16.7. The van der Waals surface area contributed by atoms with Crippen molar-refractivity contribution in [1.29, 1.82) is 0 Å². The van der Waals surface area contributed by atoms with Gasteiger partial charge in [0.2, 0.25) is 0 Å². The van der Waals surface area contributed by atoms with Gasteiger partial charge < -0.3 is 4.84 Å². The van der Waals surface area contributed by atoms with Crippen LogP contribution in [-0.4, -0.2) is 11.9 Å². The van der Waals surface area contributed by atoms with Crippen LogP contribution >= 0.6 is 0 Å². The predicted molar refractivity (Wildman–Crippen MR) is 118 cm³/mol. The fourth-order valence-corrected chi connectivity index (χ4v) is 3.57. The molecule has 4 heteroatoms. The Bertz CT molecular complexity index is 395. The molecule has 0 aliphatic heterocycles. The molecule has 0 spiro atoms. The Hall–Kier alpha value is -1.32. The van der Waals surface area contributed by atoms with Gasteiger partial charge in [0.15, 0.2) is 0 Å². The first kappa shape index (κ1) is 26.7. The van der Waals surface area contributed by atoms with E-state index < -0.39 is 5.97 Å². The van der Waals surface area contributed by atoms with Gasteiger partial charge in [0.05, 0.1) is 0 Å². The molecular formula is C24H45NO3. The van der Waals surface area contributed by atoms with Crippen LogP contribution in [0.25, 0.3) is 0 Å². The van der Waals surface area contributed by atoms with Crippen LogP contribution in [-0.2, 0) is 14.4 Å². The SMILES string of the molecule is C=CC(=O)ONC(=O)C(CCC)CCCCCCCCCCCCCCCC. The molecular weight excluding hydrogens is 350 g/mol. The topological polar surface area (TPSA) is 55.4 Å². The zero-order valence-electron chi connectivity index (χ0n) is 18.6. The van der Waals surface area contributed by atoms with Gasteiger partial charge in [-0.05, 0) is 12.8 Å². The molecule has 0 fully saturated rings. The lowest BCUT2D eigenvalue weighted by Gasteiger charge is -2.15. The molecule has 1 unspecified atom stereocenters. The van der Waals surface area contributed by atoms with E-state index in [9.17, 15) is 9.59 Å². The van der Waals surface area contributed by atoms with Crippen LogP contribution < -0.4 is 5.48 Å². The van der Waals surface area contributed by atoms with Crippen molar-refractivity contribution in [3.05, 3.63) is 12.7 Å². The smallest absolute Gasteiger partial charge is 0.336 e. The summed E-state index contributed by atoms with van der Waals surface area (Å²) in [5.41, 5.74) is 2.26. The maximum atomic E-state index is 12.1. The van der Waals surface area contributed by atoms with Gasteiger partial charge in [-0.25, -0.2) is 4.79 Å². The molecule has 0 aromatic heterocycles. The summed E-state index contributed by atoms with van der Waals surface area (Å²) in [5.74, 6) is -0.883. The maximum Gasteiger partial charge on any atom is 0.355 e. The molecule has 0 radical (unpaired) electrons. The molecule has 0 heterocycles. The lowest BCUT2D eigenvalue weighted by molar-refractivity contribution is -0.155. The number of hydrogen-bond donors (Lipinski definition) is 1. The summed E-state index contributed by atoms with van der Waals surface area (Å²) in [6, 6.07) is 0. The Morgan fingerprint density at radius 1 is 0.750 bits per heavy atom. The highest BCUT2D eigenvalue weighted by Gasteiger charge is 2.18. The van der Waals surface area contributed by atoms with Gasteiger partial charge in [0.25, 0.3) is 5.91 Å². The van der Waals surface area contributed by atoms with Gasteiger partial charge in [0.1, 0.15) is 0 Å². The zero-order chi connectivity index (χ0) is 20.9. The standard InChI is InChI=1S/C24H45NO3/c1-4-7-8-9-10-11-12-13-14-15-16-17-18-19-21-22(20-5-2)24(27)25-28-23(26)6-3/h6,22H,3-5,7-21H2,1-2H3,(H,25,27). The normalized spacial score (nSPS) is 11.8. The minimum Gasteiger partial charge on any atom is -0.336 e. The summed E-state index contributed by atoms with van der Waals surface area (Å²) >= 11 is 0. The Morgan fingerprint density at radius 2 is 1.21 bits per heavy atom. The van der Waals surface area contributed by atoms with E-state index in [-0.39, 0.29) is 11.8 Å². The number of hydroxylamine groups is 1. The first-order chi connectivity index (χ1) is 13.7. The summed E-state index contributed by atoms with van der Waals surface area (Å²) < 4.78 is 0. The molecule has 0 saturated heterocycles. The van der Waals surface area contributed by atoms with Gasteiger partial charge in [-0.2, -0.15) is 5.48 Å². The van der Waals surface area contributed by atoms with E-state index in [1.54, 1.807) is 0 Å². The molecule has 0 rings (SSSR count). The van der Waals surface area contributed by atoms with Crippen molar-refractivity contribution >= 4 is 11.9 Å². The molecule has 1 atom stereocenters. The zero-order valence-corrected chi connectivity index (χ0v) is 18.6. The lowest BCUT2D eigenvalue weighted by atomic mass is 9.95. The van der Waals surface area contributed by atoms with Crippen LogP contribution in [0.15, 0.2) is 12.7 Å². The van der Waals surface area contributed by atoms with Gasteiger partial charge in [-0.15, -0.1) is 0 Å². The van der Waals surface area contributed by atoms with Crippen molar-refractivity contribution in [3.63, 3.8) is 0 Å². The Morgan fingerprint density at radius 3 is 1.64 bits per heavy atom. The van der Waals surface area contributed by atoms with Crippen LogP contribution in [0.1, 0.15) is 123 Å². The fourth-order valence-electron chi connectivity index (χ4n) is 3.57. The average Bonchev–Trinajstić information content (AvgIpc) is 2.71. The third-order valence-electron chi connectivity index (χ3n) is 5.33. The molecule has 164 valence electrons. The molecule has 4 nitrogen and oxygen atoms in total. The molecule has 0 bridgehead atoms. The van der Waals surface area contributed by atoms with Crippen molar-refractivity contribution in [1.82, 2.24) is 5.48 Å². The number of nitrogens with one attached hydrogen (secondary N) is 1. The molecule has 1 amide bonds. The Kier molecular flexibility index (Phi) is 19.5. The quantitative estimate of drug-likeness (QED) is 0.145. The van der Waals surface area contributed by atoms with Gasteiger partial charge in [-0.3, -0.25) is 4.79 Å². The number of carbonyl (C=O) groups excluding carboxylic acids is 2. The second-order valence-corrected chi connectivity index (χ2v) is 7.96. The number of carbonyl (C=O) groups is 2. The van der Waals surface area contributed by atoms with Crippen molar-refractivity contribution in [3.8, 4) is 0 Å². The van der Waals surface area contributed by atoms with Crippen molar-refractivity contribution in [2.24, 2.45) is 5.92 Å². The number of hydrogen-bond acceptors (Lipinski definition) is 3. The van der Waals surface area contributed by atoms with E-state index in [0.29, 0.717) is 0 Å². The van der Waals surface area contributed by atoms with Crippen LogP contribution in [0, 0.1) is 5.92 Å². The molecule has 0 aliphatic rings. The fraction of sp³-hybridized carbons (Fsp3) is 0.833. The minimum absolute atomic E-state index is 0.0695.